The van der Waals surface area contributed by atoms with Crippen LogP contribution < -0.4 is 0 Å². The summed E-state index contributed by atoms with van der Waals surface area (Å²) >= 11 is 0. The SMILES string of the molecule is C=CC(C)(C)N=Nc1ccc([N+](=O)[O-])cc1[N+](=O)[O-]. The topological polar surface area (TPSA) is 111 Å². The predicted molar refractivity (Wildman–Crippen MR) is 68.5 cm³/mol. The zero-order valence-electron chi connectivity index (χ0n) is 10.4. The monoisotopic (exact) mass is 264 g/mol. The number of nitro groups is 2. The van der Waals surface area contributed by atoms with Crippen LogP contribution in [0.1, 0.15) is 13.8 Å². The molecular formula is C11H12N4O4. The van der Waals surface area contributed by atoms with Crippen LogP contribution in [-0.4, -0.2) is 15.4 Å². The summed E-state index contributed by atoms with van der Waals surface area (Å²) in [7, 11) is 0. The van der Waals surface area contributed by atoms with E-state index in [2.05, 4.69) is 16.8 Å². The van der Waals surface area contributed by atoms with Crippen LogP contribution in [-0.2, 0) is 0 Å². The van der Waals surface area contributed by atoms with Crippen molar-refractivity contribution in [2.24, 2.45) is 10.2 Å². The van der Waals surface area contributed by atoms with E-state index in [1.807, 2.05) is 0 Å². The lowest BCUT2D eigenvalue weighted by atomic mass is 10.1. The molecule has 0 atom stereocenters. The second-order valence-electron chi connectivity index (χ2n) is 4.25. The Morgan fingerprint density at radius 3 is 2.37 bits per heavy atom. The number of nitrogens with zero attached hydrogens (tertiary/aromatic N) is 4. The molecule has 0 aliphatic rings. The second-order valence-corrected chi connectivity index (χ2v) is 4.25. The highest BCUT2D eigenvalue weighted by Gasteiger charge is 2.20. The lowest BCUT2D eigenvalue weighted by molar-refractivity contribution is -0.393. The van der Waals surface area contributed by atoms with Crippen molar-refractivity contribution in [3.63, 3.8) is 0 Å². The van der Waals surface area contributed by atoms with Crippen LogP contribution in [0.3, 0.4) is 0 Å². The number of nitro benzene ring substituents is 2. The van der Waals surface area contributed by atoms with Gasteiger partial charge in [0, 0.05) is 6.07 Å². The van der Waals surface area contributed by atoms with Gasteiger partial charge in [-0.2, -0.15) is 5.11 Å². The van der Waals surface area contributed by atoms with Gasteiger partial charge < -0.3 is 0 Å². The fraction of sp³-hybridized carbons (Fsp3) is 0.273. The van der Waals surface area contributed by atoms with Crippen LogP contribution in [0.2, 0.25) is 0 Å². The number of benzene rings is 1. The van der Waals surface area contributed by atoms with Crippen LogP contribution in [0, 0.1) is 20.2 Å². The van der Waals surface area contributed by atoms with E-state index in [0.29, 0.717) is 0 Å². The molecule has 0 aromatic heterocycles. The van der Waals surface area contributed by atoms with Crippen molar-refractivity contribution < 1.29 is 9.85 Å². The Labute approximate surface area is 108 Å². The maximum absolute atomic E-state index is 10.9. The molecule has 0 fully saturated rings. The fourth-order valence-corrected chi connectivity index (χ4v) is 1.08. The zero-order chi connectivity index (χ0) is 14.6. The Balaban J connectivity index is 3.25. The summed E-state index contributed by atoms with van der Waals surface area (Å²) in [5.41, 5.74) is -1.53. The quantitative estimate of drug-likeness (QED) is 0.350. The maximum atomic E-state index is 10.9. The van der Waals surface area contributed by atoms with Crippen molar-refractivity contribution in [2.45, 2.75) is 19.4 Å². The normalized spacial score (nSPS) is 11.5. The van der Waals surface area contributed by atoms with E-state index >= 15 is 0 Å². The molecule has 0 N–H and O–H groups in total. The van der Waals surface area contributed by atoms with E-state index in [4.69, 9.17) is 0 Å². The molecule has 1 aromatic rings. The average Bonchev–Trinajstić information content (AvgIpc) is 2.36. The van der Waals surface area contributed by atoms with Crippen LogP contribution in [0.5, 0.6) is 0 Å². The molecule has 1 rings (SSSR count). The molecule has 0 saturated heterocycles. The first kappa shape index (κ1) is 14.4. The molecule has 0 amide bonds. The Morgan fingerprint density at radius 2 is 1.89 bits per heavy atom. The molecule has 0 bridgehead atoms. The molecule has 8 heteroatoms. The van der Waals surface area contributed by atoms with Gasteiger partial charge in [0.2, 0.25) is 0 Å². The highest BCUT2D eigenvalue weighted by Crippen LogP contribution is 2.32. The molecule has 0 aliphatic carbocycles. The summed E-state index contributed by atoms with van der Waals surface area (Å²) in [6.45, 7) is 7.01. The zero-order valence-corrected chi connectivity index (χ0v) is 10.4. The van der Waals surface area contributed by atoms with E-state index in [0.717, 1.165) is 12.1 Å². The third-order valence-corrected chi connectivity index (χ3v) is 2.28. The van der Waals surface area contributed by atoms with E-state index < -0.39 is 21.1 Å². The lowest BCUT2D eigenvalue weighted by Crippen LogP contribution is -2.09. The van der Waals surface area contributed by atoms with Crippen molar-refractivity contribution in [1.29, 1.82) is 0 Å². The van der Waals surface area contributed by atoms with Crippen LogP contribution in [0.4, 0.5) is 17.1 Å². The molecule has 0 aliphatic heterocycles. The van der Waals surface area contributed by atoms with Crippen LogP contribution in [0.25, 0.3) is 0 Å². The molecule has 0 spiro atoms. The van der Waals surface area contributed by atoms with Crippen molar-refractivity contribution in [3.05, 3.63) is 51.1 Å². The molecular weight excluding hydrogens is 252 g/mol. The van der Waals surface area contributed by atoms with Crippen molar-refractivity contribution in [1.82, 2.24) is 0 Å². The number of non-ortho nitro benzene ring substituents is 1. The van der Waals surface area contributed by atoms with Gasteiger partial charge >= 0.3 is 5.69 Å². The smallest absolute Gasteiger partial charge is 0.258 e. The van der Waals surface area contributed by atoms with Gasteiger partial charge in [0.15, 0.2) is 5.69 Å². The minimum absolute atomic E-state index is 0.0366. The summed E-state index contributed by atoms with van der Waals surface area (Å²) in [5, 5.41) is 29.1. The number of hydrogen-bond donors (Lipinski definition) is 0. The van der Waals surface area contributed by atoms with Crippen molar-refractivity contribution >= 4 is 17.1 Å². The van der Waals surface area contributed by atoms with Gasteiger partial charge in [0.25, 0.3) is 5.69 Å². The number of rotatable bonds is 5. The van der Waals surface area contributed by atoms with Gasteiger partial charge in [-0.3, -0.25) is 20.2 Å². The molecule has 0 heterocycles. The Hall–Kier alpha value is -2.64. The van der Waals surface area contributed by atoms with Crippen molar-refractivity contribution in [2.75, 3.05) is 0 Å². The summed E-state index contributed by atoms with van der Waals surface area (Å²) in [6, 6.07) is 3.19. The standard InChI is InChI=1S/C11H12N4O4/c1-4-11(2,3)13-12-9-6-5-8(14(16)17)7-10(9)15(18)19/h4-7H,1H2,2-3H3. The summed E-state index contributed by atoms with van der Waals surface area (Å²) in [4.78, 5) is 20.0. The van der Waals surface area contributed by atoms with E-state index in [-0.39, 0.29) is 11.4 Å². The largest absolute Gasteiger partial charge is 0.303 e. The molecule has 0 radical (unpaired) electrons. The fourth-order valence-electron chi connectivity index (χ4n) is 1.08. The molecule has 1 aromatic carbocycles. The molecule has 100 valence electrons. The lowest BCUT2D eigenvalue weighted by Gasteiger charge is -2.10. The first-order chi connectivity index (χ1) is 8.76. The second kappa shape index (κ2) is 5.34. The van der Waals surface area contributed by atoms with Gasteiger partial charge in [0.05, 0.1) is 21.5 Å². The van der Waals surface area contributed by atoms with Gasteiger partial charge in [-0.1, -0.05) is 6.08 Å². The third kappa shape index (κ3) is 3.66. The highest BCUT2D eigenvalue weighted by atomic mass is 16.6. The predicted octanol–water partition coefficient (Wildman–Crippen LogP) is 3.55. The van der Waals surface area contributed by atoms with E-state index in [9.17, 15) is 20.2 Å². The Kier molecular flexibility index (Phi) is 4.05. The Bertz CT molecular complexity index is 566. The van der Waals surface area contributed by atoms with Crippen LogP contribution >= 0.6 is 0 Å². The Morgan fingerprint density at radius 1 is 1.26 bits per heavy atom. The summed E-state index contributed by atoms with van der Waals surface area (Å²) < 4.78 is 0. The first-order valence-electron chi connectivity index (χ1n) is 5.26. The minimum atomic E-state index is -0.734. The van der Waals surface area contributed by atoms with Gasteiger partial charge in [0.1, 0.15) is 0 Å². The van der Waals surface area contributed by atoms with E-state index in [1.165, 1.54) is 12.1 Å². The highest BCUT2D eigenvalue weighted by molar-refractivity contribution is 5.61. The maximum Gasteiger partial charge on any atom is 0.303 e. The molecule has 0 saturated carbocycles. The third-order valence-electron chi connectivity index (χ3n) is 2.28. The van der Waals surface area contributed by atoms with Gasteiger partial charge in [-0.15, -0.1) is 11.7 Å². The number of azo groups is 1. The van der Waals surface area contributed by atoms with Gasteiger partial charge in [-0.05, 0) is 19.9 Å². The summed E-state index contributed by atoms with van der Waals surface area (Å²) in [6.07, 6.45) is 1.54. The molecule has 19 heavy (non-hydrogen) atoms. The number of hydrogen-bond acceptors (Lipinski definition) is 6. The van der Waals surface area contributed by atoms with E-state index in [1.54, 1.807) is 13.8 Å². The summed E-state index contributed by atoms with van der Waals surface area (Å²) in [5.74, 6) is 0. The molecule has 8 nitrogen and oxygen atoms in total. The molecule has 0 unspecified atom stereocenters. The minimum Gasteiger partial charge on any atom is -0.258 e. The first-order valence-corrected chi connectivity index (χ1v) is 5.26. The van der Waals surface area contributed by atoms with Crippen molar-refractivity contribution in [3.8, 4) is 0 Å². The van der Waals surface area contributed by atoms with Gasteiger partial charge in [-0.25, -0.2) is 0 Å². The van der Waals surface area contributed by atoms with Crippen LogP contribution in [0.15, 0.2) is 41.1 Å². The average molecular weight is 264 g/mol.